The van der Waals surface area contributed by atoms with E-state index in [9.17, 15) is 31.2 Å². The van der Waals surface area contributed by atoms with Crippen molar-refractivity contribution in [3.8, 4) is 0 Å². The number of esters is 1. The Morgan fingerprint density at radius 2 is 1.93 bits per heavy atom. The molecule has 3 rings (SSSR count). The van der Waals surface area contributed by atoms with E-state index in [-0.39, 0.29) is 17.9 Å². The summed E-state index contributed by atoms with van der Waals surface area (Å²) in [5, 5.41) is 1.30. The lowest BCUT2D eigenvalue weighted by atomic mass is 9.83. The van der Waals surface area contributed by atoms with Crippen molar-refractivity contribution >= 4 is 33.6 Å². The summed E-state index contributed by atoms with van der Waals surface area (Å²) in [5.41, 5.74) is -3.30. The first-order chi connectivity index (χ1) is 12.5. The van der Waals surface area contributed by atoms with Gasteiger partial charge in [0.25, 0.3) is 10.0 Å². The molecule has 3 unspecified atom stereocenters. The second-order valence-electron chi connectivity index (χ2n) is 6.28. The maximum absolute atomic E-state index is 13.8. The molecule has 27 heavy (non-hydrogen) atoms. The number of amides is 2. The van der Waals surface area contributed by atoms with Crippen LogP contribution in [0.3, 0.4) is 0 Å². The molecule has 1 saturated heterocycles. The number of alkyl halides is 3. The predicted molar refractivity (Wildman–Crippen MR) is 86.3 cm³/mol. The van der Waals surface area contributed by atoms with Crippen LogP contribution in [0.1, 0.15) is 19.3 Å². The maximum Gasteiger partial charge on any atom is 0.422 e. The van der Waals surface area contributed by atoms with Crippen LogP contribution < -0.4 is 10.0 Å². The minimum absolute atomic E-state index is 0.00740. The number of halogens is 4. The van der Waals surface area contributed by atoms with Crippen LogP contribution in [-0.2, 0) is 19.6 Å². The van der Waals surface area contributed by atoms with Crippen LogP contribution in [0.2, 0.25) is 5.02 Å². The summed E-state index contributed by atoms with van der Waals surface area (Å²) in [6.07, 6.45) is -5.50. The normalized spacial score (nSPS) is 27.8. The summed E-state index contributed by atoms with van der Waals surface area (Å²) in [6, 6.07) is 3.38. The van der Waals surface area contributed by atoms with Gasteiger partial charge in [0.05, 0.1) is 5.02 Å². The van der Waals surface area contributed by atoms with Crippen molar-refractivity contribution in [3.63, 3.8) is 0 Å². The lowest BCUT2D eigenvalue weighted by Gasteiger charge is -2.33. The number of urea groups is 1. The van der Waals surface area contributed by atoms with Crippen LogP contribution >= 0.6 is 11.6 Å². The molecule has 1 saturated carbocycles. The first-order valence-electron chi connectivity index (χ1n) is 7.86. The minimum Gasteiger partial charge on any atom is -0.460 e. The van der Waals surface area contributed by atoms with E-state index in [2.05, 4.69) is 0 Å². The average Bonchev–Trinajstić information content (AvgIpc) is 3.08. The van der Waals surface area contributed by atoms with Crippen LogP contribution in [0.5, 0.6) is 0 Å². The van der Waals surface area contributed by atoms with E-state index in [0.717, 1.165) is 6.07 Å². The summed E-state index contributed by atoms with van der Waals surface area (Å²) >= 11 is 5.75. The highest BCUT2D eigenvalue weighted by Crippen LogP contribution is 2.50. The Hall–Kier alpha value is -2.01. The van der Waals surface area contributed by atoms with Crippen molar-refractivity contribution < 1.29 is 35.9 Å². The molecule has 2 amide bonds. The molecule has 148 valence electrons. The largest absolute Gasteiger partial charge is 0.460 e. The van der Waals surface area contributed by atoms with Crippen LogP contribution in [0, 0.1) is 5.92 Å². The molecule has 0 bridgehead atoms. The predicted octanol–water partition coefficient (Wildman–Crippen LogP) is 2.35. The van der Waals surface area contributed by atoms with Crippen molar-refractivity contribution in [3.05, 3.63) is 29.3 Å². The summed E-state index contributed by atoms with van der Waals surface area (Å²) in [5.74, 6) is -2.96. The first kappa shape index (κ1) is 19.7. The Labute approximate surface area is 157 Å². The zero-order valence-electron chi connectivity index (χ0n) is 13.5. The fraction of sp³-hybridized carbons (Fsp3) is 0.467. The number of sulfonamides is 1. The highest BCUT2D eigenvalue weighted by atomic mass is 35.5. The zero-order chi connectivity index (χ0) is 20.0. The van der Waals surface area contributed by atoms with Crippen molar-refractivity contribution in [2.24, 2.45) is 5.92 Å². The van der Waals surface area contributed by atoms with Gasteiger partial charge in [0.1, 0.15) is 11.0 Å². The standard InChI is InChI=1S/C15H14ClF3N2O5S/c16-9-5-1-2-7-11(9)27(24,25)21-13(23)20-14(15(17,18)19)8-4-3-6-10(8)26-12(14)22/h1-2,5,7-8,10H,3-4,6H2,(H2,20,21,23). The number of hydrogen-bond donors (Lipinski definition) is 2. The molecule has 1 aromatic carbocycles. The van der Waals surface area contributed by atoms with Gasteiger partial charge in [-0.3, -0.25) is 0 Å². The van der Waals surface area contributed by atoms with E-state index in [0.29, 0.717) is 6.42 Å². The van der Waals surface area contributed by atoms with Gasteiger partial charge in [0.2, 0.25) is 5.54 Å². The minimum atomic E-state index is -5.17. The lowest BCUT2D eigenvalue weighted by Crippen LogP contribution is -2.67. The first-order valence-corrected chi connectivity index (χ1v) is 9.72. The summed E-state index contributed by atoms with van der Waals surface area (Å²) in [6.45, 7) is 0. The molecule has 1 aliphatic heterocycles. The molecule has 2 N–H and O–H groups in total. The topological polar surface area (TPSA) is 102 Å². The van der Waals surface area contributed by atoms with E-state index in [1.54, 1.807) is 0 Å². The Bertz CT molecular complexity index is 892. The van der Waals surface area contributed by atoms with E-state index in [1.807, 2.05) is 0 Å². The van der Waals surface area contributed by atoms with Crippen LogP contribution in [0.25, 0.3) is 0 Å². The van der Waals surface area contributed by atoms with Gasteiger partial charge in [-0.15, -0.1) is 0 Å². The monoisotopic (exact) mass is 426 g/mol. The molecule has 0 aromatic heterocycles. The summed E-state index contributed by atoms with van der Waals surface area (Å²) in [7, 11) is -4.56. The third kappa shape index (κ3) is 3.22. The molecule has 12 heteroatoms. The second-order valence-corrected chi connectivity index (χ2v) is 8.33. The van der Waals surface area contributed by atoms with E-state index >= 15 is 0 Å². The second kappa shape index (κ2) is 6.55. The number of fused-ring (bicyclic) bond motifs is 1. The van der Waals surface area contributed by atoms with Gasteiger partial charge in [-0.2, -0.15) is 13.2 Å². The smallest absolute Gasteiger partial charge is 0.422 e. The average molecular weight is 427 g/mol. The lowest BCUT2D eigenvalue weighted by molar-refractivity contribution is -0.206. The van der Waals surface area contributed by atoms with Crippen LogP contribution in [-0.4, -0.2) is 38.2 Å². The number of carbonyl (C=O) groups is 2. The van der Waals surface area contributed by atoms with Crippen molar-refractivity contribution in [2.45, 2.75) is 42.0 Å². The Morgan fingerprint density at radius 3 is 2.56 bits per heavy atom. The van der Waals surface area contributed by atoms with Crippen molar-refractivity contribution in [2.75, 3.05) is 0 Å². The molecule has 7 nitrogen and oxygen atoms in total. The van der Waals surface area contributed by atoms with E-state index in [1.165, 1.54) is 28.2 Å². The van der Waals surface area contributed by atoms with Crippen molar-refractivity contribution in [1.82, 2.24) is 10.0 Å². The summed E-state index contributed by atoms with van der Waals surface area (Å²) in [4.78, 5) is 23.7. The third-order valence-electron chi connectivity index (χ3n) is 4.70. The quantitative estimate of drug-likeness (QED) is 0.722. The summed E-state index contributed by atoms with van der Waals surface area (Å²) < 4.78 is 72.1. The van der Waals surface area contributed by atoms with E-state index in [4.69, 9.17) is 16.3 Å². The van der Waals surface area contributed by atoms with E-state index < -0.39 is 50.7 Å². The Morgan fingerprint density at radius 1 is 1.26 bits per heavy atom. The fourth-order valence-electron chi connectivity index (χ4n) is 3.53. The van der Waals surface area contributed by atoms with Gasteiger partial charge in [0.15, 0.2) is 0 Å². The van der Waals surface area contributed by atoms with Gasteiger partial charge >= 0.3 is 18.2 Å². The number of ether oxygens (including phenoxy) is 1. The Kier molecular flexibility index (Phi) is 4.79. The SMILES string of the molecule is O=C(NC1(C(F)(F)F)C(=O)OC2CCCC21)NS(=O)(=O)c1ccccc1Cl. The molecule has 2 fully saturated rings. The van der Waals surface area contributed by atoms with Gasteiger partial charge in [-0.25, -0.2) is 22.7 Å². The van der Waals surface area contributed by atoms with Crippen LogP contribution in [0.4, 0.5) is 18.0 Å². The fourth-order valence-corrected chi connectivity index (χ4v) is 4.96. The highest BCUT2D eigenvalue weighted by Gasteiger charge is 2.73. The third-order valence-corrected chi connectivity index (χ3v) is 6.53. The maximum atomic E-state index is 13.8. The number of carbonyl (C=O) groups excluding carboxylic acids is 2. The molecular formula is C15H14ClF3N2O5S. The van der Waals surface area contributed by atoms with Gasteiger partial charge in [-0.05, 0) is 31.4 Å². The van der Waals surface area contributed by atoms with Gasteiger partial charge < -0.3 is 10.1 Å². The van der Waals surface area contributed by atoms with Gasteiger partial charge in [0, 0.05) is 5.92 Å². The molecule has 1 aliphatic carbocycles. The number of benzene rings is 1. The number of rotatable bonds is 3. The highest BCUT2D eigenvalue weighted by molar-refractivity contribution is 7.90. The number of hydrogen-bond acceptors (Lipinski definition) is 5. The van der Waals surface area contributed by atoms with Crippen LogP contribution in [0.15, 0.2) is 29.2 Å². The molecule has 3 atom stereocenters. The molecular weight excluding hydrogens is 413 g/mol. The number of nitrogens with one attached hydrogen (secondary N) is 2. The molecule has 2 aliphatic rings. The molecule has 1 heterocycles. The molecule has 1 aromatic rings. The Balaban J connectivity index is 1.89. The molecule has 0 spiro atoms. The zero-order valence-corrected chi connectivity index (χ0v) is 15.1. The van der Waals surface area contributed by atoms with Gasteiger partial charge in [-0.1, -0.05) is 23.7 Å². The van der Waals surface area contributed by atoms with Crippen molar-refractivity contribution in [1.29, 1.82) is 0 Å². The molecule has 0 radical (unpaired) electrons.